The van der Waals surface area contributed by atoms with Crippen LogP contribution in [0.4, 0.5) is 0 Å². The number of halogens is 1. The third-order valence-electron chi connectivity index (χ3n) is 4.50. The van der Waals surface area contributed by atoms with Gasteiger partial charge in [0.2, 0.25) is 5.91 Å². The van der Waals surface area contributed by atoms with Crippen LogP contribution < -0.4 is 10.1 Å². The highest BCUT2D eigenvalue weighted by atomic mass is 35.5. The average molecular weight is 323 g/mol. The van der Waals surface area contributed by atoms with E-state index in [2.05, 4.69) is 5.32 Å². The first-order valence-electron chi connectivity index (χ1n) is 8.13. The highest BCUT2D eigenvalue weighted by molar-refractivity contribution is 6.32. The van der Waals surface area contributed by atoms with Crippen LogP contribution >= 0.6 is 11.6 Å². The largest absolute Gasteiger partial charge is 0.492 e. The van der Waals surface area contributed by atoms with E-state index in [0.717, 1.165) is 51.1 Å². The van der Waals surface area contributed by atoms with Crippen molar-refractivity contribution < 1.29 is 9.53 Å². The van der Waals surface area contributed by atoms with E-state index < -0.39 is 0 Å². The van der Waals surface area contributed by atoms with Crippen molar-refractivity contribution in [3.05, 3.63) is 29.3 Å². The van der Waals surface area contributed by atoms with Gasteiger partial charge in [-0.3, -0.25) is 4.79 Å². The molecule has 1 N–H and O–H groups in total. The Morgan fingerprint density at radius 2 is 2.18 bits per heavy atom. The number of hydrogen-bond acceptors (Lipinski definition) is 3. The van der Waals surface area contributed by atoms with Crippen molar-refractivity contribution in [2.24, 2.45) is 5.92 Å². The van der Waals surface area contributed by atoms with E-state index in [1.165, 1.54) is 0 Å². The topological polar surface area (TPSA) is 41.6 Å². The van der Waals surface area contributed by atoms with Crippen molar-refractivity contribution in [2.75, 3.05) is 26.2 Å². The van der Waals surface area contributed by atoms with Gasteiger partial charge in [0, 0.05) is 19.0 Å². The Bertz CT molecular complexity index is 517. The van der Waals surface area contributed by atoms with Crippen molar-refractivity contribution in [3.8, 4) is 5.75 Å². The number of rotatable bonds is 4. The molecule has 0 radical (unpaired) electrons. The molecule has 2 saturated heterocycles. The zero-order valence-electron chi connectivity index (χ0n) is 12.8. The van der Waals surface area contributed by atoms with Crippen molar-refractivity contribution in [1.82, 2.24) is 10.2 Å². The average Bonchev–Trinajstić information content (AvgIpc) is 3.08. The summed E-state index contributed by atoms with van der Waals surface area (Å²) in [5, 5.41) is 3.93. The van der Waals surface area contributed by atoms with Gasteiger partial charge in [-0.25, -0.2) is 0 Å². The summed E-state index contributed by atoms with van der Waals surface area (Å²) in [5.41, 5.74) is 0. The van der Waals surface area contributed by atoms with Crippen LogP contribution in [0.2, 0.25) is 5.02 Å². The monoisotopic (exact) mass is 322 g/mol. The maximum atomic E-state index is 12.5. The van der Waals surface area contributed by atoms with Crippen LogP contribution in [0.3, 0.4) is 0 Å². The molecule has 0 aromatic heterocycles. The number of ether oxygens (including phenoxy) is 1. The van der Waals surface area contributed by atoms with Gasteiger partial charge < -0.3 is 15.0 Å². The molecule has 2 atom stereocenters. The zero-order valence-corrected chi connectivity index (χ0v) is 13.5. The number of likely N-dealkylation sites (tertiary alicyclic amines) is 1. The molecule has 0 unspecified atom stereocenters. The zero-order chi connectivity index (χ0) is 15.4. The molecule has 2 heterocycles. The summed E-state index contributed by atoms with van der Waals surface area (Å²) in [7, 11) is 0. The van der Waals surface area contributed by atoms with E-state index in [1.54, 1.807) is 0 Å². The molecule has 0 spiro atoms. The molecule has 2 aliphatic rings. The maximum absolute atomic E-state index is 12.5. The number of carbonyl (C=O) groups excluding carboxylic acids is 1. The van der Waals surface area contributed by atoms with E-state index in [1.807, 2.05) is 29.2 Å². The van der Waals surface area contributed by atoms with Crippen LogP contribution in [0, 0.1) is 5.92 Å². The smallest absolute Gasteiger partial charge is 0.239 e. The summed E-state index contributed by atoms with van der Waals surface area (Å²) >= 11 is 6.11. The molecule has 0 aliphatic carbocycles. The molecule has 1 aromatic carbocycles. The lowest BCUT2D eigenvalue weighted by atomic mass is 9.98. The minimum Gasteiger partial charge on any atom is -0.492 e. The number of piperidine rings is 1. The highest BCUT2D eigenvalue weighted by Gasteiger charge is 2.30. The summed E-state index contributed by atoms with van der Waals surface area (Å²) in [6.45, 7) is 3.25. The summed E-state index contributed by atoms with van der Waals surface area (Å²) in [5.74, 6) is 1.38. The van der Waals surface area contributed by atoms with Gasteiger partial charge in [0.1, 0.15) is 5.75 Å². The second-order valence-corrected chi connectivity index (χ2v) is 6.59. The quantitative estimate of drug-likeness (QED) is 0.926. The van der Waals surface area contributed by atoms with Crippen molar-refractivity contribution in [2.45, 2.75) is 31.7 Å². The van der Waals surface area contributed by atoms with Gasteiger partial charge in [-0.05, 0) is 44.4 Å². The Balaban J connectivity index is 1.52. The molecule has 4 nitrogen and oxygen atoms in total. The Kier molecular flexibility index (Phi) is 5.21. The Labute approximate surface area is 136 Å². The van der Waals surface area contributed by atoms with Crippen molar-refractivity contribution >= 4 is 17.5 Å². The van der Waals surface area contributed by atoms with E-state index in [9.17, 15) is 4.79 Å². The fourth-order valence-electron chi connectivity index (χ4n) is 3.29. The van der Waals surface area contributed by atoms with Gasteiger partial charge in [-0.1, -0.05) is 23.7 Å². The van der Waals surface area contributed by atoms with Crippen LogP contribution in [0.1, 0.15) is 25.7 Å². The number of benzene rings is 1. The molecule has 2 aliphatic heterocycles. The molecule has 1 amide bonds. The number of carbonyl (C=O) groups is 1. The van der Waals surface area contributed by atoms with Gasteiger partial charge in [0.25, 0.3) is 0 Å². The fourth-order valence-corrected chi connectivity index (χ4v) is 3.48. The molecule has 120 valence electrons. The molecule has 0 saturated carbocycles. The maximum Gasteiger partial charge on any atom is 0.239 e. The predicted octanol–water partition coefficient (Wildman–Crippen LogP) is 2.71. The first kappa shape index (κ1) is 15.6. The Morgan fingerprint density at radius 1 is 1.32 bits per heavy atom. The normalized spacial score (nSPS) is 25.2. The van der Waals surface area contributed by atoms with Gasteiger partial charge in [-0.15, -0.1) is 0 Å². The van der Waals surface area contributed by atoms with Gasteiger partial charge in [-0.2, -0.15) is 0 Å². The standard InChI is InChI=1S/C17H23ClN2O2/c18-14-6-1-2-8-16(14)22-12-13-5-4-10-20(11-13)17(21)15-7-3-9-19-15/h1-2,6,8,13,15,19H,3-5,7,9-12H2/t13-,15-/m1/s1. The minimum absolute atomic E-state index is 0.0308. The van der Waals surface area contributed by atoms with Crippen molar-refractivity contribution in [1.29, 1.82) is 0 Å². The van der Waals surface area contributed by atoms with Crippen LogP contribution in [0.5, 0.6) is 5.75 Å². The van der Waals surface area contributed by atoms with E-state index in [4.69, 9.17) is 16.3 Å². The molecular formula is C17H23ClN2O2. The van der Waals surface area contributed by atoms with Crippen LogP contribution in [0.25, 0.3) is 0 Å². The van der Waals surface area contributed by atoms with Gasteiger partial charge in [0.15, 0.2) is 0 Å². The molecule has 22 heavy (non-hydrogen) atoms. The first-order valence-corrected chi connectivity index (χ1v) is 8.51. The molecule has 1 aromatic rings. The Hall–Kier alpha value is -1.26. The number of amides is 1. The van der Waals surface area contributed by atoms with Crippen LogP contribution in [0.15, 0.2) is 24.3 Å². The lowest BCUT2D eigenvalue weighted by Gasteiger charge is -2.34. The molecule has 3 rings (SSSR count). The third kappa shape index (κ3) is 3.73. The third-order valence-corrected chi connectivity index (χ3v) is 4.81. The number of para-hydroxylation sites is 1. The first-order chi connectivity index (χ1) is 10.7. The number of nitrogens with zero attached hydrogens (tertiary/aromatic N) is 1. The summed E-state index contributed by atoms with van der Waals surface area (Å²) in [6.07, 6.45) is 4.22. The predicted molar refractivity (Wildman–Crippen MR) is 87.3 cm³/mol. The second kappa shape index (κ2) is 7.34. The Morgan fingerprint density at radius 3 is 2.95 bits per heavy atom. The van der Waals surface area contributed by atoms with Gasteiger partial charge >= 0.3 is 0 Å². The second-order valence-electron chi connectivity index (χ2n) is 6.18. The van der Waals surface area contributed by atoms with E-state index >= 15 is 0 Å². The van der Waals surface area contributed by atoms with E-state index in [0.29, 0.717) is 17.5 Å². The SMILES string of the molecule is O=C([C@H]1CCCN1)N1CCC[C@@H](COc2ccccc2Cl)C1. The number of nitrogens with one attached hydrogen (secondary N) is 1. The fraction of sp³-hybridized carbons (Fsp3) is 0.588. The summed E-state index contributed by atoms with van der Waals surface area (Å²) < 4.78 is 5.84. The number of hydrogen-bond donors (Lipinski definition) is 1. The van der Waals surface area contributed by atoms with Gasteiger partial charge in [0.05, 0.1) is 17.7 Å². The van der Waals surface area contributed by atoms with Crippen LogP contribution in [-0.4, -0.2) is 43.1 Å². The molecular weight excluding hydrogens is 300 g/mol. The van der Waals surface area contributed by atoms with E-state index in [-0.39, 0.29) is 11.9 Å². The minimum atomic E-state index is 0.0308. The van der Waals surface area contributed by atoms with Crippen LogP contribution in [-0.2, 0) is 4.79 Å². The summed E-state index contributed by atoms with van der Waals surface area (Å²) in [4.78, 5) is 14.5. The highest BCUT2D eigenvalue weighted by Crippen LogP contribution is 2.25. The summed E-state index contributed by atoms with van der Waals surface area (Å²) in [6, 6.07) is 7.56. The van der Waals surface area contributed by atoms with Crippen molar-refractivity contribution in [3.63, 3.8) is 0 Å². The lowest BCUT2D eigenvalue weighted by Crippen LogP contribution is -2.48. The molecule has 2 fully saturated rings. The molecule has 5 heteroatoms. The molecule has 0 bridgehead atoms. The lowest BCUT2D eigenvalue weighted by molar-refractivity contribution is -0.135.